The number of thiophene rings is 2. The van der Waals surface area contributed by atoms with Crippen molar-refractivity contribution in [2.24, 2.45) is 7.05 Å². The van der Waals surface area contributed by atoms with E-state index in [9.17, 15) is 0 Å². The van der Waals surface area contributed by atoms with Gasteiger partial charge in [-0.25, -0.2) is 0 Å². The summed E-state index contributed by atoms with van der Waals surface area (Å²) in [5.41, 5.74) is 2.16. The molecule has 3 aromatic rings. The second-order valence-corrected chi connectivity index (χ2v) is 6.81. The Balaban J connectivity index is 1.84. The summed E-state index contributed by atoms with van der Waals surface area (Å²) < 4.78 is 1.86. The normalized spacial score (nSPS) is 12.5. The summed E-state index contributed by atoms with van der Waals surface area (Å²) >= 11 is 3.61. The molecule has 0 aliphatic carbocycles. The molecule has 0 aliphatic rings. The third-order valence-corrected chi connectivity index (χ3v) is 5.10. The molecule has 0 aromatic carbocycles. The van der Waals surface area contributed by atoms with Crippen LogP contribution in [0.1, 0.15) is 21.5 Å². The predicted molar refractivity (Wildman–Crippen MR) is 86.7 cm³/mol. The molecule has 0 amide bonds. The summed E-state index contributed by atoms with van der Waals surface area (Å²) in [5, 5.41) is 12.3. The summed E-state index contributed by atoms with van der Waals surface area (Å²) in [6, 6.07) is 8.92. The van der Waals surface area contributed by atoms with Crippen LogP contribution in [0.3, 0.4) is 0 Å². The minimum absolute atomic E-state index is 0.302. The van der Waals surface area contributed by atoms with Gasteiger partial charge < -0.3 is 5.32 Å². The molecule has 20 heavy (non-hydrogen) atoms. The van der Waals surface area contributed by atoms with Crippen LogP contribution in [0, 0.1) is 6.92 Å². The Hall–Kier alpha value is -1.59. The van der Waals surface area contributed by atoms with Crippen molar-refractivity contribution in [1.82, 2.24) is 9.78 Å². The van der Waals surface area contributed by atoms with E-state index in [0.717, 1.165) is 17.8 Å². The zero-order valence-corrected chi connectivity index (χ0v) is 13.2. The quantitative estimate of drug-likeness (QED) is 0.763. The molecule has 0 fully saturated rings. The molecule has 0 aliphatic heterocycles. The van der Waals surface area contributed by atoms with E-state index in [2.05, 4.69) is 45.4 Å². The lowest BCUT2D eigenvalue weighted by atomic mass is 10.1. The number of nitrogens with one attached hydrogen (secondary N) is 1. The summed E-state index contributed by atoms with van der Waals surface area (Å²) in [7, 11) is 1.96. The lowest BCUT2D eigenvalue weighted by Gasteiger charge is -2.17. The van der Waals surface area contributed by atoms with E-state index >= 15 is 0 Å². The molecule has 1 atom stereocenters. The molecule has 3 rings (SSSR count). The molecule has 104 valence electrons. The molecule has 3 aromatic heterocycles. The lowest BCUT2D eigenvalue weighted by Crippen LogP contribution is -2.12. The average Bonchev–Trinajstić information content (AvgIpc) is 3.13. The highest BCUT2D eigenvalue weighted by atomic mass is 32.1. The standard InChI is InChI=1S/C15H17N3S2/c1-11-14(10-18(2)17-11)16-13(15-6-4-8-20-15)9-12-5-3-7-19-12/h3-8,10,13,16H,9H2,1-2H3. The second-order valence-electron chi connectivity index (χ2n) is 4.80. The van der Waals surface area contributed by atoms with Crippen LogP contribution in [0.5, 0.6) is 0 Å². The van der Waals surface area contributed by atoms with E-state index in [0.29, 0.717) is 6.04 Å². The van der Waals surface area contributed by atoms with Gasteiger partial charge in [-0.3, -0.25) is 4.68 Å². The zero-order chi connectivity index (χ0) is 13.9. The third kappa shape index (κ3) is 2.94. The van der Waals surface area contributed by atoms with Crippen molar-refractivity contribution < 1.29 is 0 Å². The van der Waals surface area contributed by atoms with Crippen LogP contribution in [0.2, 0.25) is 0 Å². The first kappa shape index (κ1) is 13.4. The Morgan fingerprint density at radius 1 is 1.25 bits per heavy atom. The van der Waals surface area contributed by atoms with Gasteiger partial charge in [-0.05, 0) is 29.8 Å². The van der Waals surface area contributed by atoms with E-state index in [1.54, 1.807) is 11.3 Å². The van der Waals surface area contributed by atoms with Crippen molar-refractivity contribution in [2.75, 3.05) is 5.32 Å². The van der Waals surface area contributed by atoms with E-state index in [1.165, 1.54) is 9.75 Å². The SMILES string of the molecule is Cc1nn(C)cc1NC(Cc1cccs1)c1cccs1. The van der Waals surface area contributed by atoms with Crippen molar-refractivity contribution in [3.8, 4) is 0 Å². The number of rotatable bonds is 5. The maximum atomic E-state index is 4.40. The van der Waals surface area contributed by atoms with Gasteiger partial charge in [-0.15, -0.1) is 22.7 Å². The molecule has 0 saturated carbocycles. The fourth-order valence-electron chi connectivity index (χ4n) is 2.27. The second kappa shape index (κ2) is 5.81. The van der Waals surface area contributed by atoms with Gasteiger partial charge >= 0.3 is 0 Å². The Labute approximate surface area is 126 Å². The van der Waals surface area contributed by atoms with Gasteiger partial charge in [0.15, 0.2) is 0 Å². The molecule has 0 bridgehead atoms. The number of aryl methyl sites for hydroxylation is 2. The fraction of sp³-hybridized carbons (Fsp3) is 0.267. The molecule has 0 radical (unpaired) electrons. The van der Waals surface area contributed by atoms with Crippen LogP contribution in [0.15, 0.2) is 41.2 Å². The van der Waals surface area contributed by atoms with E-state index in [4.69, 9.17) is 0 Å². The van der Waals surface area contributed by atoms with Gasteiger partial charge in [0.25, 0.3) is 0 Å². The van der Waals surface area contributed by atoms with Crippen molar-refractivity contribution in [2.45, 2.75) is 19.4 Å². The third-order valence-electron chi connectivity index (χ3n) is 3.22. The zero-order valence-electron chi connectivity index (χ0n) is 11.5. The van der Waals surface area contributed by atoms with Gasteiger partial charge in [-0.1, -0.05) is 12.1 Å². The van der Waals surface area contributed by atoms with Crippen LogP contribution in [-0.2, 0) is 13.5 Å². The number of anilines is 1. The first-order valence-corrected chi connectivity index (χ1v) is 8.31. The van der Waals surface area contributed by atoms with Crippen molar-refractivity contribution in [1.29, 1.82) is 0 Å². The molecular weight excluding hydrogens is 286 g/mol. The molecule has 0 spiro atoms. The van der Waals surface area contributed by atoms with E-state index in [1.807, 2.05) is 36.2 Å². The Morgan fingerprint density at radius 2 is 2.05 bits per heavy atom. The Morgan fingerprint density at radius 3 is 2.65 bits per heavy atom. The largest absolute Gasteiger partial charge is 0.374 e. The molecule has 3 heterocycles. The van der Waals surface area contributed by atoms with Crippen LogP contribution < -0.4 is 5.32 Å². The number of hydrogen-bond acceptors (Lipinski definition) is 4. The summed E-state index contributed by atoms with van der Waals surface area (Å²) in [4.78, 5) is 2.76. The molecule has 1 N–H and O–H groups in total. The number of hydrogen-bond donors (Lipinski definition) is 1. The van der Waals surface area contributed by atoms with Crippen molar-refractivity contribution >= 4 is 28.4 Å². The van der Waals surface area contributed by atoms with Crippen molar-refractivity contribution in [3.05, 3.63) is 56.7 Å². The predicted octanol–water partition coefficient (Wildman–Crippen LogP) is 4.25. The van der Waals surface area contributed by atoms with Gasteiger partial charge in [-0.2, -0.15) is 5.10 Å². The highest BCUT2D eigenvalue weighted by Gasteiger charge is 2.16. The monoisotopic (exact) mass is 303 g/mol. The first-order valence-electron chi connectivity index (χ1n) is 6.55. The summed E-state index contributed by atoms with van der Waals surface area (Å²) in [6.45, 7) is 2.04. The van der Waals surface area contributed by atoms with E-state index in [-0.39, 0.29) is 0 Å². The molecular formula is C15H17N3S2. The maximum Gasteiger partial charge on any atom is 0.0825 e. The van der Waals surface area contributed by atoms with Crippen LogP contribution >= 0.6 is 22.7 Å². The molecule has 3 nitrogen and oxygen atoms in total. The minimum Gasteiger partial charge on any atom is -0.374 e. The minimum atomic E-state index is 0.302. The Bertz CT molecular complexity index is 653. The van der Waals surface area contributed by atoms with Gasteiger partial charge in [0.2, 0.25) is 0 Å². The highest BCUT2D eigenvalue weighted by Crippen LogP contribution is 2.29. The summed E-state index contributed by atoms with van der Waals surface area (Å²) in [5.74, 6) is 0. The van der Waals surface area contributed by atoms with Crippen LogP contribution in [0.4, 0.5) is 5.69 Å². The highest BCUT2D eigenvalue weighted by molar-refractivity contribution is 7.10. The molecule has 5 heteroatoms. The van der Waals surface area contributed by atoms with Crippen LogP contribution in [0.25, 0.3) is 0 Å². The first-order chi connectivity index (χ1) is 9.72. The van der Waals surface area contributed by atoms with Crippen LogP contribution in [-0.4, -0.2) is 9.78 Å². The smallest absolute Gasteiger partial charge is 0.0825 e. The average molecular weight is 303 g/mol. The molecule has 1 unspecified atom stereocenters. The maximum absolute atomic E-state index is 4.40. The molecule has 0 saturated heterocycles. The summed E-state index contributed by atoms with van der Waals surface area (Å²) in [6.07, 6.45) is 3.05. The Kier molecular flexibility index (Phi) is 3.89. The van der Waals surface area contributed by atoms with Crippen molar-refractivity contribution in [3.63, 3.8) is 0 Å². The lowest BCUT2D eigenvalue weighted by molar-refractivity contribution is 0.756. The number of aromatic nitrogens is 2. The van der Waals surface area contributed by atoms with Gasteiger partial charge in [0.05, 0.1) is 17.4 Å². The number of nitrogens with zero attached hydrogens (tertiary/aromatic N) is 2. The topological polar surface area (TPSA) is 29.9 Å². The van der Waals surface area contributed by atoms with Gasteiger partial charge in [0, 0.05) is 29.4 Å². The van der Waals surface area contributed by atoms with Gasteiger partial charge in [0.1, 0.15) is 0 Å². The van der Waals surface area contributed by atoms with E-state index < -0.39 is 0 Å². The fourth-order valence-corrected chi connectivity index (χ4v) is 3.80.